The molecular formula is C5H10S. The first-order chi connectivity index (χ1) is 2.77. The Balaban J connectivity index is 2.83. The highest BCUT2D eigenvalue weighted by atomic mass is 32.1. The molecule has 0 spiro atoms. The molecule has 0 nitrogen and oxygen atoms in total. The van der Waals surface area contributed by atoms with Gasteiger partial charge in [0.1, 0.15) is 0 Å². The monoisotopic (exact) mass is 102 g/mol. The summed E-state index contributed by atoms with van der Waals surface area (Å²) in [6.07, 6.45) is 1.04. The lowest BCUT2D eigenvalue weighted by molar-refractivity contribution is 1.13. The van der Waals surface area contributed by atoms with Crippen molar-refractivity contribution >= 4 is 12.6 Å². The van der Waals surface area contributed by atoms with Gasteiger partial charge in [0.2, 0.25) is 0 Å². The van der Waals surface area contributed by atoms with Crippen LogP contribution in [-0.4, -0.2) is 5.75 Å². The van der Waals surface area contributed by atoms with Crippen LogP contribution in [0.1, 0.15) is 13.3 Å². The van der Waals surface area contributed by atoms with E-state index in [1.807, 2.05) is 6.92 Å². The van der Waals surface area contributed by atoms with Crippen LogP contribution in [0.15, 0.2) is 12.2 Å². The van der Waals surface area contributed by atoms with E-state index in [1.54, 1.807) is 0 Å². The van der Waals surface area contributed by atoms with Gasteiger partial charge < -0.3 is 0 Å². The van der Waals surface area contributed by atoms with E-state index in [2.05, 4.69) is 19.2 Å². The summed E-state index contributed by atoms with van der Waals surface area (Å²) < 4.78 is 0. The van der Waals surface area contributed by atoms with Crippen molar-refractivity contribution in [3.63, 3.8) is 0 Å². The maximum absolute atomic E-state index is 4.00. The van der Waals surface area contributed by atoms with Gasteiger partial charge in [0.15, 0.2) is 0 Å². The molecule has 36 valence electrons. The maximum atomic E-state index is 4.00. The van der Waals surface area contributed by atoms with Crippen LogP contribution in [0.3, 0.4) is 0 Å². The van der Waals surface area contributed by atoms with E-state index in [4.69, 9.17) is 0 Å². The highest BCUT2D eigenvalue weighted by Crippen LogP contribution is 1.94. The molecule has 0 N–H and O–H groups in total. The van der Waals surface area contributed by atoms with Gasteiger partial charge in [-0.25, -0.2) is 0 Å². The van der Waals surface area contributed by atoms with E-state index in [9.17, 15) is 0 Å². The van der Waals surface area contributed by atoms with Gasteiger partial charge in [-0.3, -0.25) is 0 Å². The molecule has 0 bridgehead atoms. The second kappa shape index (κ2) is 3.29. The van der Waals surface area contributed by atoms with E-state index < -0.39 is 0 Å². The second-order valence-electron chi connectivity index (χ2n) is 1.43. The van der Waals surface area contributed by atoms with Crippen LogP contribution in [0, 0.1) is 0 Å². The van der Waals surface area contributed by atoms with E-state index >= 15 is 0 Å². The average molecular weight is 102 g/mol. The van der Waals surface area contributed by atoms with Crippen molar-refractivity contribution in [2.24, 2.45) is 0 Å². The standard InChI is InChI=1S/C5H10S/c1-5(2)3-4-6/h6H,1,3-4H2,2H3. The zero-order chi connectivity index (χ0) is 4.99. The van der Waals surface area contributed by atoms with E-state index in [-0.39, 0.29) is 0 Å². The Morgan fingerprint density at radius 3 is 2.33 bits per heavy atom. The minimum Gasteiger partial charge on any atom is -0.179 e. The molecular weight excluding hydrogens is 92.1 g/mol. The van der Waals surface area contributed by atoms with Crippen LogP contribution in [0.25, 0.3) is 0 Å². The Labute approximate surface area is 44.7 Å². The largest absolute Gasteiger partial charge is 0.179 e. The molecule has 1 heteroatoms. The first-order valence-electron chi connectivity index (χ1n) is 2.02. The number of hydrogen-bond acceptors (Lipinski definition) is 1. The van der Waals surface area contributed by atoms with E-state index in [0.717, 1.165) is 12.2 Å². The molecule has 0 amide bonds. The molecule has 0 fully saturated rings. The van der Waals surface area contributed by atoms with Gasteiger partial charge in [0.25, 0.3) is 0 Å². The summed E-state index contributed by atoms with van der Waals surface area (Å²) in [5.41, 5.74) is 1.21. The third-order valence-corrected chi connectivity index (χ3v) is 0.762. The summed E-state index contributed by atoms with van der Waals surface area (Å²) in [7, 11) is 0. The molecule has 0 heterocycles. The van der Waals surface area contributed by atoms with Gasteiger partial charge in [-0.15, -0.1) is 6.58 Å². The third-order valence-electron chi connectivity index (χ3n) is 0.539. The zero-order valence-corrected chi connectivity index (χ0v) is 4.96. The van der Waals surface area contributed by atoms with Crippen molar-refractivity contribution in [3.05, 3.63) is 12.2 Å². The number of rotatable bonds is 2. The van der Waals surface area contributed by atoms with Gasteiger partial charge in [-0.05, 0) is 19.1 Å². The fraction of sp³-hybridized carbons (Fsp3) is 0.600. The minimum atomic E-state index is 0.926. The van der Waals surface area contributed by atoms with Gasteiger partial charge in [-0.2, -0.15) is 12.6 Å². The van der Waals surface area contributed by atoms with Crippen molar-refractivity contribution in [2.45, 2.75) is 13.3 Å². The molecule has 0 aromatic carbocycles. The SMILES string of the molecule is C=C(C)CCS. The van der Waals surface area contributed by atoms with Crippen molar-refractivity contribution in [3.8, 4) is 0 Å². The lowest BCUT2D eigenvalue weighted by Gasteiger charge is -1.86. The molecule has 0 saturated carbocycles. The summed E-state index contributed by atoms with van der Waals surface area (Å²) in [5.74, 6) is 0.926. The summed E-state index contributed by atoms with van der Waals surface area (Å²) in [6.45, 7) is 5.71. The highest BCUT2D eigenvalue weighted by molar-refractivity contribution is 7.80. The number of allylic oxidation sites excluding steroid dienone is 1. The summed E-state index contributed by atoms with van der Waals surface area (Å²) >= 11 is 4.00. The Morgan fingerprint density at radius 1 is 1.83 bits per heavy atom. The van der Waals surface area contributed by atoms with Crippen LogP contribution < -0.4 is 0 Å². The van der Waals surface area contributed by atoms with Gasteiger partial charge in [0, 0.05) is 0 Å². The molecule has 0 aliphatic carbocycles. The molecule has 0 rings (SSSR count). The Morgan fingerprint density at radius 2 is 2.33 bits per heavy atom. The minimum absolute atomic E-state index is 0.926. The van der Waals surface area contributed by atoms with Crippen LogP contribution in [0.2, 0.25) is 0 Å². The Bertz CT molecular complexity index is 47.9. The molecule has 6 heavy (non-hydrogen) atoms. The van der Waals surface area contributed by atoms with Gasteiger partial charge in [0.05, 0.1) is 0 Å². The Kier molecular flexibility index (Phi) is 3.34. The van der Waals surface area contributed by atoms with Crippen LogP contribution in [-0.2, 0) is 0 Å². The lowest BCUT2D eigenvalue weighted by Crippen LogP contribution is -1.71. The normalized spacial score (nSPS) is 8.33. The molecule has 0 atom stereocenters. The maximum Gasteiger partial charge on any atom is -0.00608 e. The smallest absolute Gasteiger partial charge is 0.00608 e. The predicted octanol–water partition coefficient (Wildman–Crippen LogP) is 1.88. The quantitative estimate of drug-likeness (QED) is 0.399. The van der Waals surface area contributed by atoms with Gasteiger partial charge >= 0.3 is 0 Å². The van der Waals surface area contributed by atoms with Crippen molar-refractivity contribution in [1.29, 1.82) is 0 Å². The van der Waals surface area contributed by atoms with Crippen molar-refractivity contribution in [2.75, 3.05) is 5.75 Å². The lowest BCUT2D eigenvalue weighted by atomic mass is 10.3. The number of thiol groups is 1. The molecule has 0 unspecified atom stereocenters. The highest BCUT2D eigenvalue weighted by Gasteiger charge is 1.76. The zero-order valence-electron chi connectivity index (χ0n) is 4.07. The fourth-order valence-corrected chi connectivity index (χ4v) is 0.573. The first kappa shape index (κ1) is 6.09. The molecule has 0 radical (unpaired) electrons. The second-order valence-corrected chi connectivity index (χ2v) is 1.88. The van der Waals surface area contributed by atoms with Crippen LogP contribution >= 0.6 is 12.6 Å². The molecule has 0 saturated heterocycles. The molecule has 0 aromatic rings. The fourth-order valence-electron chi connectivity index (χ4n) is 0.191. The first-order valence-corrected chi connectivity index (χ1v) is 2.66. The Hall–Kier alpha value is 0.0900. The molecule has 0 aliphatic rings. The summed E-state index contributed by atoms with van der Waals surface area (Å²) in [4.78, 5) is 0. The molecule has 0 aliphatic heterocycles. The van der Waals surface area contributed by atoms with Gasteiger partial charge in [-0.1, -0.05) is 5.57 Å². The van der Waals surface area contributed by atoms with Crippen molar-refractivity contribution < 1.29 is 0 Å². The summed E-state index contributed by atoms with van der Waals surface area (Å²) in [5, 5.41) is 0. The van der Waals surface area contributed by atoms with Crippen LogP contribution in [0.5, 0.6) is 0 Å². The molecule has 0 aromatic heterocycles. The van der Waals surface area contributed by atoms with Crippen LogP contribution in [0.4, 0.5) is 0 Å². The average Bonchev–Trinajstić information content (AvgIpc) is 1.35. The third kappa shape index (κ3) is 4.09. The summed E-state index contributed by atoms with van der Waals surface area (Å²) in [6, 6.07) is 0. The van der Waals surface area contributed by atoms with Crippen molar-refractivity contribution in [1.82, 2.24) is 0 Å². The van der Waals surface area contributed by atoms with E-state index in [0.29, 0.717) is 0 Å². The topological polar surface area (TPSA) is 0 Å². The van der Waals surface area contributed by atoms with E-state index in [1.165, 1.54) is 5.57 Å². The number of hydrogen-bond donors (Lipinski definition) is 1. The predicted molar refractivity (Wildman–Crippen MR) is 33.3 cm³/mol.